The fraction of sp³-hybridized carbons (Fsp3) is 0.389. The van der Waals surface area contributed by atoms with E-state index in [1.54, 1.807) is 0 Å². The molecule has 1 heterocycles. The predicted molar refractivity (Wildman–Crippen MR) is 88.1 cm³/mol. The summed E-state index contributed by atoms with van der Waals surface area (Å²) in [6, 6.07) is 9.46. The summed E-state index contributed by atoms with van der Waals surface area (Å²) in [6.07, 6.45) is 2.18. The largest absolute Gasteiger partial charge is 0.460 e. The number of esters is 1. The number of amides is 1. The number of carbonyl (C=O) groups excluding carboxylic acids is 2. The van der Waals surface area contributed by atoms with Gasteiger partial charge in [0, 0.05) is 18.0 Å². The van der Waals surface area contributed by atoms with Gasteiger partial charge in [0.1, 0.15) is 19.0 Å². The summed E-state index contributed by atoms with van der Waals surface area (Å²) in [7, 11) is 0. The Morgan fingerprint density at radius 1 is 1.33 bits per heavy atom. The molecule has 6 heteroatoms. The smallest absolute Gasteiger partial charge is 0.325 e. The number of hydrogen-bond acceptors (Lipinski definition) is 4. The van der Waals surface area contributed by atoms with Crippen molar-refractivity contribution in [1.82, 2.24) is 15.3 Å². The third-order valence-electron chi connectivity index (χ3n) is 4.18. The molecule has 0 aliphatic heterocycles. The van der Waals surface area contributed by atoms with Crippen LogP contribution in [0.4, 0.5) is 0 Å². The highest BCUT2D eigenvalue weighted by atomic mass is 16.5. The van der Waals surface area contributed by atoms with E-state index in [0.29, 0.717) is 6.42 Å². The number of aryl methyl sites for hydroxylation is 2. The molecule has 3 rings (SSSR count). The minimum Gasteiger partial charge on any atom is -0.460 e. The number of hydrogen-bond donors (Lipinski definition) is 2. The average Bonchev–Trinajstić information content (AvgIpc) is 2.97. The van der Waals surface area contributed by atoms with Crippen molar-refractivity contribution in [2.45, 2.75) is 32.8 Å². The number of aromatic nitrogens is 2. The zero-order valence-electron chi connectivity index (χ0n) is 13.7. The highest BCUT2D eigenvalue weighted by molar-refractivity contribution is 5.83. The first-order valence-corrected chi connectivity index (χ1v) is 8.13. The summed E-state index contributed by atoms with van der Waals surface area (Å²) in [5, 5.41) is 2.68. The number of nitrogens with zero attached hydrogens (tertiary/aromatic N) is 1. The molecule has 1 atom stereocenters. The maximum atomic E-state index is 12.2. The van der Waals surface area contributed by atoms with Crippen LogP contribution in [0.1, 0.15) is 29.2 Å². The van der Waals surface area contributed by atoms with Crippen molar-refractivity contribution in [1.29, 1.82) is 0 Å². The van der Waals surface area contributed by atoms with Crippen LogP contribution in [-0.4, -0.2) is 28.4 Å². The molecule has 1 aliphatic rings. The summed E-state index contributed by atoms with van der Waals surface area (Å²) in [6.45, 7) is 2.03. The highest BCUT2D eigenvalue weighted by Crippen LogP contribution is 2.23. The molecule has 0 saturated heterocycles. The van der Waals surface area contributed by atoms with Gasteiger partial charge in [0.25, 0.3) is 0 Å². The minimum absolute atomic E-state index is 0.100. The number of aromatic amines is 1. The van der Waals surface area contributed by atoms with E-state index < -0.39 is 5.97 Å². The van der Waals surface area contributed by atoms with Gasteiger partial charge in [-0.1, -0.05) is 30.3 Å². The number of imidazole rings is 1. The molecule has 1 aromatic heterocycles. The quantitative estimate of drug-likeness (QED) is 0.819. The van der Waals surface area contributed by atoms with Crippen LogP contribution in [0.25, 0.3) is 0 Å². The number of carbonyl (C=O) groups is 2. The Morgan fingerprint density at radius 2 is 2.12 bits per heavy atom. The lowest BCUT2D eigenvalue weighted by atomic mass is 9.89. The number of rotatable bonds is 5. The van der Waals surface area contributed by atoms with Gasteiger partial charge in [-0.3, -0.25) is 9.59 Å². The third-order valence-corrected chi connectivity index (χ3v) is 4.18. The van der Waals surface area contributed by atoms with Crippen molar-refractivity contribution >= 4 is 11.9 Å². The first-order valence-electron chi connectivity index (χ1n) is 8.13. The number of ether oxygens (including phenoxy) is 1. The zero-order valence-corrected chi connectivity index (χ0v) is 13.7. The summed E-state index contributed by atoms with van der Waals surface area (Å²) in [5.41, 5.74) is 3.01. The van der Waals surface area contributed by atoms with Crippen molar-refractivity contribution in [3.63, 3.8) is 0 Å². The first kappa shape index (κ1) is 16.2. The Labute approximate surface area is 140 Å². The van der Waals surface area contributed by atoms with E-state index in [9.17, 15) is 9.59 Å². The van der Waals surface area contributed by atoms with Crippen molar-refractivity contribution in [2.24, 2.45) is 5.92 Å². The van der Waals surface area contributed by atoms with E-state index in [-0.39, 0.29) is 25.0 Å². The second-order valence-corrected chi connectivity index (χ2v) is 6.05. The molecule has 0 radical (unpaired) electrons. The first-order chi connectivity index (χ1) is 11.6. The number of fused-ring (bicyclic) bond motifs is 1. The Bertz CT molecular complexity index is 724. The highest BCUT2D eigenvalue weighted by Gasteiger charge is 2.27. The molecule has 24 heavy (non-hydrogen) atoms. The number of benzene rings is 1. The van der Waals surface area contributed by atoms with Crippen LogP contribution in [0.15, 0.2) is 30.3 Å². The van der Waals surface area contributed by atoms with Gasteiger partial charge in [-0.25, -0.2) is 4.98 Å². The Kier molecular flexibility index (Phi) is 4.93. The van der Waals surface area contributed by atoms with E-state index in [4.69, 9.17) is 4.74 Å². The average molecular weight is 327 g/mol. The molecule has 0 bridgehead atoms. The third kappa shape index (κ3) is 4.01. The Hall–Kier alpha value is -2.63. The van der Waals surface area contributed by atoms with Gasteiger partial charge in [0.2, 0.25) is 5.91 Å². The van der Waals surface area contributed by atoms with Crippen LogP contribution in [-0.2, 0) is 33.8 Å². The molecular weight excluding hydrogens is 306 g/mol. The molecule has 6 nitrogen and oxygen atoms in total. The topological polar surface area (TPSA) is 84.1 Å². The predicted octanol–water partition coefficient (Wildman–Crippen LogP) is 1.68. The lowest BCUT2D eigenvalue weighted by Gasteiger charge is -2.20. The van der Waals surface area contributed by atoms with Gasteiger partial charge in [-0.15, -0.1) is 0 Å². The molecule has 126 valence electrons. The van der Waals surface area contributed by atoms with Crippen LogP contribution in [0.3, 0.4) is 0 Å². The molecule has 0 spiro atoms. The second-order valence-electron chi connectivity index (χ2n) is 6.05. The SMILES string of the molecule is Cc1nc2c([nH]1)CC(C(=O)NCC(=O)OCc1ccccc1)CC2. The van der Waals surface area contributed by atoms with Gasteiger partial charge in [-0.05, 0) is 25.3 Å². The van der Waals surface area contributed by atoms with Gasteiger partial charge in [-0.2, -0.15) is 0 Å². The minimum atomic E-state index is -0.430. The van der Waals surface area contributed by atoms with Crippen LogP contribution in [0.2, 0.25) is 0 Å². The summed E-state index contributed by atoms with van der Waals surface area (Å²) >= 11 is 0. The lowest BCUT2D eigenvalue weighted by molar-refractivity contribution is -0.145. The van der Waals surface area contributed by atoms with E-state index in [1.807, 2.05) is 37.3 Å². The van der Waals surface area contributed by atoms with E-state index in [1.165, 1.54) is 0 Å². The van der Waals surface area contributed by atoms with Gasteiger partial charge in [0.15, 0.2) is 0 Å². The van der Waals surface area contributed by atoms with E-state index in [2.05, 4.69) is 15.3 Å². The molecule has 1 amide bonds. The number of nitrogens with one attached hydrogen (secondary N) is 2. The Balaban J connectivity index is 1.43. The van der Waals surface area contributed by atoms with Crippen molar-refractivity contribution in [2.75, 3.05) is 6.54 Å². The van der Waals surface area contributed by atoms with Gasteiger partial charge in [0.05, 0.1) is 5.69 Å². The van der Waals surface area contributed by atoms with Gasteiger partial charge >= 0.3 is 5.97 Å². The second kappa shape index (κ2) is 7.29. The summed E-state index contributed by atoms with van der Waals surface area (Å²) in [5.74, 6) is 0.218. The van der Waals surface area contributed by atoms with Crippen LogP contribution < -0.4 is 5.32 Å². The fourth-order valence-electron chi connectivity index (χ4n) is 2.94. The molecule has 1 aliphatic carbocycles. The summed E-state index contributed by atoms with van der Waals surface area (Å²) < 4.78 is 5.16. The number of H-pyrrole nitrogens is 1. The monoisotopic (exact) mass is 327 g/mol. The Morgan fingerprint density at radius 3 is 2.92 bits per heavy atom. The van der Waals surface area contributed by atoms with Gasteiger partial charge < -0.3 is 15.0 Å². The molecule has 1 aromatic carbocycles. The normalized spacial score (nSPS) is 16.3. The molecule has 0 fully saturated rings. The fourth-order valence-corrected chi connectivity index (χ4v) is 2.94. The molecular formula is C18H21N3O3. The standard InChI is InChI=1S/C18H21N3O3/c1-12-20-15-8-7-14(9-16(15)21-12)18(23)19-10-17(22)24-11-13-5-3-2-4-6-13/h2-6,14H,7-11H2,1H3,(H,19,23)(H,20,21). The van der Waals surface area contributed by atoms with E-state index >= 15 is 0 Å². The van der Waals surface area contributed by atoms with Crippen LogP contribution in [0.5, 0.6) is 0 Å². The van der Waals surface area contributed by atoms with Crippen molar-refractivity contribution in [3.8, 4) is 0 Å². The summed E-state index contributed by atoms with van der Waals surface area (Å²) in [4.78, 5) is 31.6. The van der Waals surface area contributed by atoms with Crippen LogP contribution in [0, 0.1) is 12.8 Å². The molecule has 1 unspecified atom stereocenters. The van der Waals surface area contributed by atoms with E-state index in [0.717, 1.165) is 35.6 Å². The lowest BCUT2D eigenvalue weighted by Crippen LogP contribution is -2.37. The molecule has 2 aromatic rings. The van der Waals surface area contributed by atoms with Crippen molar-refractivity contribution in [3.05, 3.63) is 53.1 Å². The molecule has 2 N–H and O–H groups in total. The molecule has 0 saturated carbocycles. The van der Waals surface area contributed by atoms with Crippen LogP contribution >= 0.6 is 0 Å². The zero-order chi connectivity index (χ0) is 16.9. The maximum absolute atomic E-state index is 12.2. The van der Waals surface area contributed by atoms with Crippen molar-refractivity contribution < 1.29 is 14.3 Å². The maximum Gasteiger partial charge on any atom is 0.325 e.